The second-order valence-electron chi connectivity index (χ2n) is 6.69. The highest BCUT2D eigenvalue weighted by Gasteiger charge is 2.49. The first-order valence-corrected chi connectivity index (χ1v) is 8.37. The maximum atomic E-state index is 12.8. The molecule has 1 saturated carbocycles. The number of carbonyl (C=O) groups is 2. The van der Waals surface area contributed by atoms with Crippen molar-refractivity contribution in [3.63, 3.8) is 0 Å². The summed E-state index contributed by atoms with van der Waals surface area (Å²) in [7, 11) is 0. The van der Waals surface area contributed by atoms with Gasteiger partial charge in [0.2, 0.25) is 0 Å². The Labute approximate surface area is 143 Å². The molecule has 0 radical (unpaired) electrons. The minimum absolute atomic E-state index is 0.0112. The Morgan fingerprint density at radius 1 is 1.24 bits per heavy atom. The molecular formula is C18H18N2O5. The van der Waals surface area contributed by atoms with Crippen LogP contribution in [0.3, 0.4) is 0 Å². The number of hydrogen-bond donors (Lipinski definition) is 2. The highest BCUT2D eigenvalue weighted by Crippen LogP contribution is 2.42. The molecule has 130 valence electrons. The number of hydrogen-bond acceptors (Lipinski definition) is 4. The number of nitrogens with zero attached hydrogens (tertiary/aromatic N) is 1. The van der Waals surface area contributed by atoms with Gasteiger partial charge in [-0.2, -0.15) is 0 Å². The molecule has 4 rings (SSSR count). The molecule has 0 aromatic carbocycles. The number of fused-ring (bicyclic) bond motifs is 1. The summed E-state index contributed by atoms with van der Waals surface area (Å²) in [6.45, 7) is 0.403. The van der Waals surface area contributed by atoms with Crippen LogP contribution < -0.4 is 5.56 Å². The molecule has 0 spiro atoms. The molecular weight excluding hydrogens is 324 g/mol. The maximum absolute atomic E-state index is 12.8. The van der Waals surface area contributed by atoms with Crippen LogP contribution in [0.1, 0.15) is 29.6 Å². The number of amides is 1. The number of rotatable bonds is 3. The van der Waals surface area contributed by atoms with Crippen molar-refractivity contribution in [3.05, 3.63) is 46.4 Å². The smallest absolute Gasteiger partial charge is 0.326 e. The van der Waals surface area contributed by atoms with E-state index in [2.05, 4.69) is 4.98 Å². The first-order chi connectivity index (χ1) is 12.1. The van der Waals surface area contributed by atoms with Crippen LogP contribution in [-0.2, 0) is 4.79 Å². The number of aromatic amines is 1. The number of aromatic nitrogens is 1. The molecule has 3 atom stereocenters. The van der Waals surface area contributed by atoms with E-state index in [1.165, 1.54) is 17.2 Å². The average Bonchev–Trinajstić information content (AvgIpc) is 3.30. The predicted octanol–water partition coefficient (Wildman–Crippen LogP) is 1.96. The molecule has 1 aliphatic heterocycles. The highest BCUT2D eigenvalue weighted by molar-refractivity contribution is 5.97. The topological polar surface area (TPSA) is 104 Å². The predicted molar refractivity (Wildman–Crippen MR) is 88.1 cm³/mol. The standard InChI is InChI=1S/C18H18N2O5/c21-16-12(6-7-13(19-16)14-5-2-8-25-14)17(22)20-9-10-3-1-4-11(10)15(20)18(23)24/h2,5-8,10-11,15H,1,3-4,9H2,(H,19,21)(H,23,24). The molecule has 2 fully saturated rings. The molecule has 3 heterocycles. The van der Waals surface area contributed by atoms with Gasteiger partial charge in [-0.1, -0.05) is 6.42 Å². The zero-order valence-electron chi connectivity index (χ0n) is 13.5. The van der Waals surface area contributed by atoms with E-state index in [1.807, 2.05) is 0 Å². The van der Waals surface area contributed by atoms with Crippen molar-refractivity contribution in [3.8, 4) is 11.5 Å². The molecule has 7 nitrogen and oxygen atoms in total. The van der Waals surface area contributed by atoms with Crippen molar-refractivity contribution >= 4 is 11.9 Å². The lowest BCUT2D eigenvalue weighted by Gasteiger charge is -2.24. The van der Waals surface area contributed by atoms with Crippen molar-refractivity contribution in [2.24, 2.45) is 11.8 Å². The van der Waals surface area contributed by atoms with Crippen LogP contribution in [0.4, 0.5) is 0 Å². The van der Waals surface area contributed by atoms with Crippen LogP contribution in [0.15, 0.2) is 39.7 Å². The largest absolute Gasteiger partial charge is 0.480 e. The molecule has 1 saturated heterocycles. The number of carbonyl (C=O) groups excluding carboxylic acids is 1. The Bertz CT molecular complexity index is 870. The molecule has 2 aromatic heterocycles. The first-order valence-electron chi connectivity index (χ1n) is 8.37. The fraction of sp³-hybridized carbons (Fsp3) is 0.389. The van der Waals surface area contributed by atoms with Crippen molar-refractivity contribution in [2.75, 3.05) is 6.54 Å². The molecule has 0 bridgehead atoms. The number of H-pyrrole nitrogens is 1. The van der Waals surface area contributed by atoms with Crippen LogP contribution in [-0.4, -0.2) is 39.5 Å². The van der Waals surface area contributed by atoms with Gasteiger partial charge in [0.15, 0.2) is 0 Å². The summed E-state index contributed by atoms with van der Waals surface area (Å²) < 4.78 is 5.23. The number of furan rings is 1. The Hall–Kier alpha value is -2.83. The fourth-order valence-corrected chi connectivity index (χ4v) is 4.20. The molecule has 1 amide bonds. The molecule has 2 aliphatic rings. The van der Waals surface area contributed by atoms with E-state index < -0.39 is 23.5 Å². The number of carboxylic acid groups (broad SMARTS) is 1. The molecule has 1 aliphatic carbocycles. The quantitative estimate of drug-likeness (QED) is 0.887. The van der Waals surface area contributed by atoms with Gasteiger partial charge >= 0.3 is 5.97 Å². The van der Waals surface area contributed by atoms with Crippen molar-refractivity contribution in [1.29, 1.82) is 0 Å². The van der Waals surface area contributed by atoms with Gasteiger partial charge in [0.1, 0.15) is 17.4 Å². The third kappa shape index (κ3) is 2.56. The first kappa shape index (κ1) is 15.7. The Morgan fingerprint density at radius 3 is 2.76 bits per heavy atom. The SMILES string of the molecule is O=C(O)C1C2CCCC2CN1C(=O)c1ccc(-c2ccco2)[nH]c1=O. The molecule has 2 N–H and O–H groups in total. The molecule has 25 heavy (non-hydrogen) atoms. The lowest BCUT2D eigenvalue weighted by atomic mass is 9.94. The molecule has 3 unspecified atom stereocenters. The highest BCUT2D eigenvalue weighted by atomic mass is 16.4. The van der Waals surface area contributed by atoms with E-state index in [9.17, 15) is 19.5 Å². The minimum Gasteiger partial charge on any atom is -0.480 e. The van der Waals surface area contributed by atoms with E-state index in [0.717, 1.165) is 19.3 Å². The summed E-state index contributed by atoms with van der Waals surface area (Å²) in [6.07, 6.45) is 4.25. The van der Waals surface area contributed by atoms with Gasteiger partial charge in [0.05, 0.1) is 12.0 Å². The minimum atomic E-state index is -0.994. The Balaban J connectivity index is 1.64. The van der Waals surface area contributed by atoms with E-state index in [4.69, 9.17) is 4.42 Å². The van der Waals surface area contributed by atoms with Crippen LogP contribution >= 0.6 is 0 Å². The van der Waals surface area contributed by atoms with Crippen LogP contribution in [0.5, 0.6) is 0 Å². The number of carboxylic acids is 1. The number of aliphatic carboxylic acids is 1. The number of likely N-dealkylation sites (tertiary alicyclic amines) is 1. The second kappa shape index (κ2) is 5.91. The van der Waals surface area contributed by atoms with Crippen molar-refractivity contribution in [2.45, 2.75) is 25.3 Å². The third-order valence-electron chi connectivity index (χ3n) is 5.33. The lowest BCUT2D eigenvalue weighted by molar-refractivity contribution is -0.142. The van der Waals surface area contributed by atoms with Gasteiger partial charge < -0.3 is 19.4 Å². The Morgan fingerprint density at radius 2 is 2.08 bits per heavy atom. The zero-order chi connectivity index (χ0) is 17.6. The Kier molecular flexibility index (Phi) is 3.71. The van der Waals surface area contributed by atoms with E-state index in [-0.39, 0.29) is 17.4 Å². The summed E-state index contributed by atoms with van der Waals surface area (Å²) in [4.78, 5) is 40.9. The average molecular weight is 342 g/mol. The monoisotopic (exact) mass is 342 g/mol. The van der Waals surface area contributed by atoms with Gasteiger partial charge in [-0.15, -0.1) is 0 Å². The molecule has 2 aromatic rings. The summed E-state index contributed by atoms with van der Waals surface area (Å²) in [5.74, 6) is -0.815. The number of pyridine rings is 1. The van der Waals surface area contributed by atoms with Crippen LogP contribution in [0.2, 0.25) is 0 Å². The van der Waals surface area contributed by atoms with Crippen molar-refractivity contribution < 1.29 is 19.1 Å². The fourth-order valence-electron chi connectivity index (χ4n) is 4.20. The maximum Gasteiger partial charge on any atom is 0.326 e. The van der Waals surface area contributed by atoms with Crippen molar-refractivity contribution in [1.82, 2.24) is 9.88 Å². The van der Waals surface area contributed by atoms with Gasteiger partial charge in [-0.05, 0) is 48.9 Å². The van der Waals surface area contributed by atoms with Crippen LogP contribution in [0.25, 0.3) is 11.5 Å². The van der Waals surface area contributed by atoms with E-state index in [0.29, 0.717) is 18.0 Å². The normalized spacial score (nSPS) is 25.1. The summed E-state index contributed by atoms with van der Waals surface area (Å²) in [6, 6.07) is 5.60. The van der Waals surface area contributed by atoms with E-state index >= 15 is 0 Å². The van der Waals surface area contributed by atoms with Gasteiger partial charge in [-0.3, -0.25) is 9.59 Å². The summed E-state index contributed by atoms with van der Waals surface area (Å²) in [5.41, 5.74) is -0.110. The molecule has 7 heteroatoms. The third-order valence-corrected chi connectivity index (χ3v) is 5.33. The van der Waals surface area contributed by atoms with E-state index in [1.54, 1.807) is 18.2 Å². The lowest BCUT2D eigenvalue weighted by Crippen LogP contribution is -2.44. The summed E-state index contributed by atoms with van der Waals surface area (Å²) >= 11 is 0. The summed E-state index contributed by atoms with van der Waals surface area (Å²) in [5, 5.41) is 9.57. The van der Waals surface area contributed by atoms with Crippen LogP contribution in [0, 0.1) is 11.8 Å². The number of nitrogens with one attached hydrogen (secondary N) is 1. The van der Waals surface area contributed by atoms with Gasteiger partial charge in [0, 0.05) is 6.54 Å². The second-order valence-corrected chi connectivity index (χ2v) is 6.69. The van der Waals surface area contributed by atoms with Gasteiger partial charge in [-0.25, -0.2) is 4.79 Å². The zero-order valence-corrected chi connectivity index (χ0v) is 13.5. The van der Waals surface area contributed by atoms with Gasteiger partial charge in [0.25, 0.3) is 11.5 Å².